The Balaban J connectivity index is 1.84. The smallest absolute Gasteiger partial charge is 0.311 e. The molecule has 0 N–H and O–H groups in total. The van der Waals surface area contributed by atoms with Gasteiger partial charge in [0.15, 0.2) is 0 Å². The highest BCUT2D eigenvalue weighted by atomic mass is 19.1. The Bertz CT molecular complexity index is 447. The van der Waals surface area contributed by atoms with Gasteiger partial charge in [-0.2, -0.15) is 0 Å². The zero-order valence-electron chi connectivity index (χ0n) is 9.13. The number of methoxy groups -OCH3 is 1. The third-order valence-corrected chi connectivity index (χ3v) is 4.09. The maximum Gasteiger partial charge on any atom is 0.311 e. The number of ether oxygens (including phenoxy) is 1. The van der Waals surface area contributed by atoms with E-state index in [9.17, 15) is 9.18 Å². The van der Waals surface area contributed by atoms with Gasteiger partial charge in [-0.25, -0.2) is 4.39 Å². The molecule has 2 bridgehead atoms. The van der Waals surface area contributed by atoms with E-state index in [0.29, 0.717) is 0 Å². The van der Waals surface area contributed by atoms with E-state index < -0.39 is 0 Å². The fourth-order valence-electron chi connectivity index (χ4n) is 3.40. The second-order valence-electron chi connectivity index (χ2n) is 5.06. The lowest BCUT2D eigenvalue weighted by molar-refractivity contribution is -0.198. The SMILES string of the molecule is COC(=O)C12CC(c3ccccc3F)(C1)C2. The average molecular weight is 220 g/mol. The summed E-state index contributed by atoms with van der Waals surface area (Å²) in [5.74, 6) is -0.286. The Morgan fingerprint density at radius 1 is 1.31 bits per heavy atom. The van der Waals surface area contributed by atoms with Crippen LogP contribution in [0.3, 0.4) is 0 Å². The van der Waals surface area contributed by atoms with Crippen LogP contribution in [-0.4, -0.2) is 13.1 Å². The molecule has 0 heterocycles. The van der Waals surface area contributed by atoms with Gasteiger partial charge in [-0.3, -0.25) is 4.79 Å². The molecule has 0 saturated heterocycles. The number of carbonyl (C=O) groups is 1. The Kier molecular flexibility index (Phi) is 1.74. The summed E-state index contributed by atoms with van der Waals surface area (Å²) in [6.07, 6.45) is 2.23. The van der Waals surface area contributed by atoms with E-state index in [0.717, 1.165) is 24.8 Å². The molecule has 0 aromatic heterocycles. The summed E-state index contributed by atoms with van der Waals surface area (Å²) in [6, 6.07) is 6.86. The van der Waals surface area contributed by atoms with Gasteiger partial charge in [0.2, 0.25) is 0 Å². The van der Waals surface area contributed by atoms with Crippen LogP contribution in [0.2, 0.25) is 0 Å². The van der Waals surface area contributed by atoms with Gasteiger partial charge in [-0.15, -0.1) is 0 Å². The van der Waals surface area contributed by atoms with Crippen LogP contribution in [0.1, 0.15) is 24.8 Å². The van der Waals surface area contributed by atoms with Crippen molar-refractivity contribution < 1.29 is 13.9 Å². The molecule has 2 nitrogen and oxygen atoms in total. The highest BCUT2D eigenvalue weighted by Gasteiger charge is 2.73. The number of hydrogen-bond donors (Lipinski definition) is 0. The first-order chi connectivity index (χ1) is 7.62. The minimum Gasteiger partial charge on any atom is -0.469 e. The standard InChI is InChI=1S/C13H13FO2/c1-16-11(15)13-6-12(7-13,8-13)9-4-2-3-5-10(9)14/h2-5H,6-8H2,1H3. The summed E-state index contributed by atoms with van der Waals surface area (Å²) in [4.78, 5) is 11.5. The highest BCUT2D eigenvalue weighted by Crippen LogP contribution is 2.74. The topological polar surface area (TPSA) is 26.3 Å². The highest BCUT2D eigenvalue weighted by molar-refractivity contribution is 5.82. The molecule has 3 aliphatic rings. The Labute approximate surface area is 93.4 Å². The number of esters is 1. The largest absolute Gasteiger partial charge is 0.469 e. The molecule has 0 spiro atoms. The molecule has 1 aromatic carbocycles. The molecule has 0 amide bonds. The molecule has 4 rings (SSSR count). The molecular formula is C13H13FO2. The van der Waals surface area contributed by atoms with Crippen molar-refractivity contribution in [1.29, 1.82) is 0 Å². The molecule has 16 heavy (non-hydrogen) atoms. The molecule has 3 saturated carbocycles. The lowest BCUT2D eigenvalue weighted by atomic mass is 9.33. The fourth-order valence-corrected chi connectivity index (χ4v) is 3.40. The van der Waals surface area contributed by atoms with Gasteiger partial charge in [0.1, 0.15) is 5.82 Å². The van der Waals surface area contributed by atoms with Crippen molar-refractivity contribution in [3.63, 3.8) is 0 Å². The molecule has 3 fully saturated rings. The van der Waals surface area contributed by atoms with Crippen molar-refractivity contribution in [2.24, 2.45) is 5.41 Å². The van der Waals surface area contributed by atoms with Crippen molar-refractivity contribution in [3.05, 3.63) is 35.6 Å². The van der Waals surface area contributed by atoms with Gasteiger partial charge in [0, 0.05) is 5.41 Å². The number of carbonyl (C=O) groups excluding carboxylic acids is 1. The molecule has 0 aliphatic heterocycles. The van der Waals surface area contributed by atoms with Crippen LogP contribution in [0, 0.1) is 11.2 Å². The summed E-state index contributed by atoms with van der Waals surface area (Å²) in [5.41, 5.74) is 0.386. The summed E-state index contributed by atoms with van der Waals surface area (Å²) >= 11 is 0. The van der Waals surface area contributed by atoms with E-state index in [1.165, 1.54) is 13.2 Å². The van der Waals surface area contributed by atoms with E-state index in [2.05, 4.69) is 0 Å². The Morgan fingerprint density at radius 2 is 1.94 bits per heavy atom. The summed E-state index contributed by atoms with van der Waals surface area (Å²) < 4.78 is 18.4. The number of halogens is 1. The summed E-state index contributed by atoms with van der Waals surface area (Å²) in [5, 5.41) is 0. The van der Waals surface area contributed by atoms with Crippen LogP contribution in [-0.2, 0) is 14.9 Å². The zero-order chi connectivity index (χ0) is 11.4. The first-order valence-corrected chi connectivity index (χ1v) is 5.45. The summed E-state index contributed by atoms with van der Waals surface area (Å²) in [7, 11) is 1.42. The second kappa shape index (κ2) is 2.84. The van der Waals surface area contributed by atoms with E-state index in [4.69, 9.17) is 4.74 Å². The lowest BCUT2D eigenvalue weighted by Gasteiger charge is -2.68. The van der Waals surface area contributed by atoms with Crippen LogP contribution < -0.4 is 0 Å². The predicted octanol–water partition coefficient (Wildman–Crippen LogP) is 2.42. The van der Waals surface area contributed by atoms with Crippen LogP contribution in [0.4, 0.5) is 4.39 Å². The van der Waals surface area contributed by atoms with Gasteiger partial charge >= 0.3 is 5.97 Å². The Hall–Kier alpha value is -1.38. The Morgan fingerprint density at radius 3 is 2.50 bits per heavy atom. The van der Waals surface area contributed by atoms with Crippen molar-refractivity contribution in [3.8, 4) is 0 Å². The van der Waals surface area contributed by atoms with E-state index >= 15 is 0 Å². The minimum atomic E-state index is -0.295. The van der Waals surface area contributed by atoms with Crippen LogP contribution >= 0.6 is 0 Å². The maximum atomic E-state index is 13.6. The lowest BCUT2D eigenvalue weighted by Crippen LogP contribution is -2.68. The van der Waals surface area contributed by atoms with Gasteiger partial charge in [0.25, 0.3) is 0 Å². The fraction of sp³-hybridized carbons (Fsp3) is 0.462. The quantitative estimate of drug-likeness (QED) is 0.715. The summed E-state index contributed by atoms with van der Waals surface area (Å²) in [6.45, 7) is 0. The van der Waals surface area contributed by atoms with Gasteiger partial charge in [-0.05, 0) is 30.9 Å². The van der Waals surface area contributed by atoms with Crippen LogP contribution in [0.25, 0.3) is 0 Å². The third-order valence-electron chi connectivity index (χ3n) is 4.09. The average Bonchev–Trinajstić information content (AvgIpc) is 2.16. The van der Waals surface area contributed by atoms with Crippen LogP contribution in [0.15, 0.2) is 24.3 Å². The molecule has 0 radical (unpaired) electrons. The molecule has 3 aliphatic carbocycles. The first kappa shape index (κ1) is 9.82. The van der Waals surface area contributed by atoms with Gasteiger partial charge in [-0.1, -0.05) is 18.2 Å². The first-order valence-electron chi connectivity index (χ1n) is 5.45. The van der Waals surface area contributed by atoms with Crippen molar-refractivity contribution >= 4 is 5.97 Å². The monoisotopic (exact) mass is 220 g/mol. The number of rotatable bonds is 2. The van der Waals surface area contributed by atoms with Crippen molar-refractivity contribution in [1.82, 2.24) is 0 Å². The number of benzene rings is 1. The van der Waals surface area contributed by atoms with E-state index in [-0.39, 0.29) is 22.6 Å². The third kappa shape index (κ3) is 0.984. The predicted molar refractivity (Wildman–Crippen MR) is 56.4 cm³/mol. The van der Waals surface area contributed by atoms with Gasteiger partial charge < -0.3 is 4.74 Å². The normalized spacial score (nSPS) is 34.9. The molecule has 84 valence electrons. The number of hydrogen-bond acceptors (Lipinski definition) is 2. The minimum absolute atomic E-state index is 0.0838. The van der Waals surface area contributed by atoms with E-state index in [1.807, 2.05) is 12.1 Å². The molecule has 0 atom stereocenters. The van der Waals surface area contributed by atoms with E-state index in [1.54, 1.807) is 6.07 Å². The van der Waals surface area contributed by atoms with Gasteiger partial charge in [0.05, 0.1) is 12.5 Å². The maximum absolute atomic E-state index is 13.6. The molecule has 1 aromatic rings. The van der Waals surface area contributed by atoms with Crippen molar-refractivity contribution in [2.75, 3.05) is 7.11 Å². The molecule has 3 heteroatoms. The van der Waals surface area contributed by atoms with Crippen LogP contribution in [0.5, 0.6) is 0 Å². The zero-order valence-corrected chi connectivity index (χ0v) is 9.13. The molecule has 0 unspecified atom stereocenters. The molecular weight excluding hydrogens is 207 g/mol. The van der Waals surface area contributed by atoms with Crippen molar-refractivity contribution in [2.45, 2.75) is 24.7 Å². The second-order valence-corrected chi connectivity index (χ2v) is 5.06.